The van der Waals surface area contributed by atoms with Gasteiger partial charge in [-0.15, -0.1) is 0 Å². The highest BCUT2D eigenvalue weighted by Crippen LogP contribution is 2.18. The molecule has 1 heterocycles. The van der Waals surface area contributed by atoms with Gasteiger partial charge >= 0.3 is 0 Å². The summed E-state index contributed by atoms with van der Waals surface area (Å²) in [6.07, 6.45) is 0. The zero-order chi connectivity index (χ0) is 9.10. The molecule has 3 nitrogen and oxygen atoms in total. The van der Waals surface area contributed by atoms with E-state index in [-0.39, 0.29) is 0 Å². The molecule has 0 radical (unpaired) electrons. The predicted molar refractivity (Wildman–Crippen MR) is 57.9 cm³/mol. The molecule has 1 aromatic carbocycles. The lowest BCUT2D eigenvalue weighted by molar-refractivity contribution is 1.11. The molecule has 0 saturated heterocycles. The number of hydrogen-bond donors (Lipinski definition) is 1. The van der Waals surface area contributed by atoms with Crippen LogP contribution in [-0.4, -0.2) is 17.5 Å². The summed E-state index contributed by atoms with van der Waals surface area (Å²) in [6, 6.07) is 9.86. The zero-order valence-electron chi connectivity index (χ0n) is 7.18. The van der Waals surface area contributed by atoms with E-state index in [4.69, 9.17) is 5.84 Å². The molecule has 0 atom stereocenters. The zero-order valence-corrected chi connectivity index (χ0v) is 8.00. The van der Waals surface area contributed by atoms with Crippen molar-refractivity contribution in [1.82, 2.24) is 0 Å². The Bertz CT molecular complexity index is 310. The Kier molecular flexibility index (Phi) is 2.52. The first kappa shape index (κ1) is 8.59. The molecule has 0 fully saturated rings. The van der Waals surface area contributed by atoms with Gasteiger partial charge in [0.15, 0.2) is 5.17 Å². The first-order valence-corrected chi connectivity index (χ1v) is 5.13. The van der Waals surface area contributed by atoms with E-state index in [0.29, 0.717) is 0 Å². The Morgan fingerprint density at radius 3 is 2.69 bits per heavy atom. The quantitative estimate of drug-likeness (QED) is 0.542. The molecule has 0 aliphatic carbocycles. The maximum Gasteiger partial charge on any atom is 0.178 e. The van der Waals surface area contributed by atoms with Crippen LogP contribution < -0.4 is 10.9 Å². The lowest BCUT2D eigenvalue weighted by atomic mass is 10.3. The van der Waals surface area contributed by atoms with Crippen LogP contribution in [0.25, 0.3) is 0 Å². The summed E-state index contributed by atoms with van der Waals surface area (Å²) in [4.78, 5) is 4.29. The Balaban J connectivity index is 2.17. The van der Waals surface area contributed by atoms with E-state index < -0.39 is 0 Å². The number of nitrogens with two attached hydrogens (primary N) is 1. The molecule has 0 aromatic heterocycles. The normalized spacial score (nSPS) is 15.6. The second-order valence-corrected chi connectivity index (χ2v) is 3.78. The molecule has 1 aliphatic heterocycles. The van der Waals surface area contributed by atoms with E-state index in [1.807, 2.05) is 30.3 Å². The topological polar surface area (TPSA) is 41.6 Å². The monoisotopic (exact) mass is 193 g/mol. The van der Waals surface area contributed by atoms with E-state index in [1.54, 1.807) is 16.8 Å². The fourth-order valence-corrected chi connectivity index (χ4v) is 1.96. The average Bonchev–Trinajstić information content (AvgIpc) is 2.71. The van der Waals surface area contributed by atoms with Crippen molar-refractivity contribution in [3.8, 4) is 0 Å². The Morgan fingerprint density at radius 1 is 1.31 bits per heavy atom. The molecule has 1 aromatic rings. The van der Waals surface area contributed by atoms with Crippen molar-refractivity contribution in [3.05, 3.63) is 30.3 Å². The standard InChI is InChI=1S/C9H11N3S/c10-12(9-11-6-7-13-9)8-4-2-1-3-5-8/h1-5H,6-7,10H2. The maximum atomic E-state index is 5.88. The highest BCUT2D eigenvalue weighted by molar-refractivity contribution is 8.14. The number of para-hydroxylation sites is 1. The van der Waals surface area contributed by atoms with Gasteiger partial charge in [-0.1, -0.05) is 30.0 Å². The van der Waals surface area contributed by atoms with Crippen molar-refractivity contribution in [2.24, 2.45) is 10.8 Å². The number of amidine groups is 1. The van der Waals surface area contributed by atoms with Gasteiger partial charge < -0.3 is 0 Å². The first-order chi connectivity index (χ1) is 6.38. The van der Waals surface area contributed by atoms with Crippen LogP contribution in [-0.2, 0) is 0 Å². The minimum absolute atomic E-state index is 0.876. The molecule has 2 rings (SSSR count). The van der Waals surface area contributed by atoms with Gasteiger partial charge in [-0.3, -0.25) is 10.0 Å². The van der Waals surface area contributed by atoms with Crippen LogP contribution >= 0.6 is 11.8 Å². The summed E-state index contributed by atoms with van der Waals surface area (Å²) in [7, 11) is 0. The van der Waals surface area contributed by atoms with Crippen LogP contribution in [0.15, 0.2) is 35.3 Å². The van der Waals surface area contributed by atoms with Crippen LogP contribution in [0.1, 0.15) is 0 Å². The summed E-state index contributed by atoms with van der Waals surface area (Å²) < 4.78 is 0. The molecule has 0 saturated carbocycles. The molecular formula is C9H11N3S. The lowest BCUT2D eigenvalue weighted by Crippen LogP contribution is -2.34. The molecular weight excluding hydrogens is 182 g/mol. The molecule has 0 bridgehead atoms. The summed E-state index contributed by atoms with van der Waals surface area (Å²) in [5.41, 5.74) is 0.982. The Labute approximate surface area is 81.6 Å². The van der Waals surface area contributed by atoms with Crippen LogP contribution in [0, 0.1) is 0 Å². The first-order valence-electron chi connectivity index (χ1n) is 4.15. The lowest BCUT2D eigenvalue weighted by Gasteiger charge is -2.16. The molecule has 0 amide bonds. The fraction of sp³-hybridized carbons (Fsp3) is 0.222. The van der Waals surface area contributed by atoms with Gasteiger partial charge in [0.2, 0.25) is 0 Å². The van der Waals surface area contributed by atoms with Crippen LogP contribution in [0.2, 0.25) is 0 Å². The van der Waals surface area contributed by atoms with E-state index in [2.05, 4.69) is 4.99 Å². The number of benzene rings is 1. The van der Waals surface area contributed by atoms with Gasteiger partial charge in [-0.25, -0.2) is 5.84 Å². The molecule has 13 heavy (non-hydrogen) atoms. The van der Waals surface area contributed by atoms with E-state index >= 15 is 0 Å². The highest BCUT2D eigenvalue weighted by Gasteiger charge is 2.13. The third kappa shape index (κ3) is 1.84. The number of rotatable bonds is 1. The number of thioether (sulfide) groups is 1. The van der Waals surface area contributed by atoms with E-state index in [1.165, 1.54) is 0 Å². The van der Waals surface area contributed by atoms with Crippen LogP contribution in [0.3, 0.4) is 0 Å². The summed E-state index contributed by atoms with van der Waals surface area (Å²) in [5, 5.41) is 2.55. The third-order valence-corrected chi connectivity index (χ3v) is 2.78. The second-order valence-electron chi connectivity index (χ2n) is 2.72. The van der Waals surface area contributed by atoms with Gasteiger partial charge in [-0.2, -0.15) is 0 Å². The number of nitrogens with zero attached hydrogens (tertiary/aromatic N) is 2. The Morgan fingerprint density at radius 2 is 2.08 bits per heavy atom. The number of aliphatic imine (C=N–C) groups is 1. The van der Waals surface area contributed by atoms with Crippen molar-refractivity contribution in [2.45, 2.75) is 0 Å². The van der Waals surface area contributed by atoms with Crippen molar-refractivity contribution in [1.29, 1.82) is 0 Å². The largest absolute Gasteiger partial charge is 0.260 e. The molecule has 0 spiro atoms. The summed E-state index contributed by atoms with van der Waals surface area (Å²) >= 11 is 1.70. The summed E-state index contributed by atoms with van der Waals surface area (Å²) in [5.74, 6) is 6.92. The van der Waals surface area contributed by atoms with Gasteiger partial charge in [0.1, 0.15) is 0 Å². The van der Waals surface area contributed by atoms with Gasteiger partial charge in [0.05, 0.1) is 12.2 Å². The minimum atomic E-state index is 0.876. The SMILES string of the molecule is NN(C1=NCCS1)c1ccccc1. The van der Waals surface area contributed by atoms with Gasteiger partial charge in [-0.05, 0) is 12.1 Å². The predicted octanol–water partition coefficient (Wildman–Crippen LogP) is 1.47. The van der Waals surface area contributed by atoms with E-state index in [0.717, 1.165) is 23.2 Å². The van der Waals surface area contributed by atoms with Crippen molar-refractivity contribution < 1.29 is 0 Å². The van der Waals surface area contributed by atoms with Gasteiger partial charge in [0.25, 0.3) is 0 Å². The smallest absolute Gasteiger partial charge is 0.178 e. The van der Waals surface area contributed by atoms with Crippen molar-refractivity contribution in [3.63, 3.8) is 0 Å². The molecule has 1 aliphatic rings. The fourth-order valence-electron chi connectivity index (χ4n) is 1.17. The molecule has 68 valence electrons. The van der Waals surface area contributed by atoms with Crippen molar-refractivity contribution >= 4 is 22.6 Å². The minimum Gasteiger partial charge on any atom is -0.260 e. The maximum absolute atomic E-state index is 5.88. The van der Waals surface area contributed by atoms with Crippen LogP contribution in [0.4, 0.5) is 5.69 Å². The van der Waals surface area contributed by atoms with Crippen molar-refractivity contribution in [2.75, 3.05) is 17.3 Å². The van der Waals surface area contributed by atoms with Crippen LogP contribution in [0.5, 0.6) is 0 Å². The average molecular weight is 193 g/mol. The Hall–Kier alpha value is -1.00. The van der Waals surface area contributed by atoms with E-state index in [9.17, 15) is 0 Å². The highest BCUT2D eigenvalue weighted by atomic mass is 32.2. The molecule has 2 N–H and O–H groups in total. The molecule has 0 unspecified atom stereocenters. The number of hydrazine groups is 1. The van der Waals surface area contributed by atoms with Gasteiger partial charge in [0, 0.05) is 5.75 Å². The number of hydrogen-bond acceptors (Lipinski definition) is 4. The number of anilines is 1. The third-order valence-electron chi connectivity index (χ3n) is 1.81. The second kappa shape index (κ2) is 3.81. The summed E-state index contributed by atoms with van der Waals surface area (Å²) in [6.45, 7) is 0.876. The molecule has 4 heteroatoms.